The number of nitrogens with one attached hydrogen (secondary N) is 1. The summed E-state index contributed by atoms with van der Waals surface area (Å²) in [6.45, 7) is 8.67. The highest BCUT2D eigenvalue weighted by atomic mass is 127. The molecule has 6 heteroatoms. The number of imidazole rings is 1. The molecule has 2 rings (SSSR count). The Bertz CT molecular complexity index is 610. The van der Waals surface area contributed by atoms with Gasteiger partial charge in [0.15, 0.2) is 5.96 Å². The Labute approximate surface area is 136 Å². The number of pyridine rings is 1. The van der Waals surface area contributed by atoms with Crippen LogP contribution >= 0.6 is 24.0 Å². The van der Waals surface area contributed by atoms with Gasteiger partial charge in [-0.05, 0) is 45.4 Å². The van der Waals surface area contributed by atoms with Crippen molar-refractivity contribution in [3.8, 4) is 0 Å². The molecule has 5 nitrogen and oxygen atoms in total. The van der Waals surface area contributed by atoms with Crippen molar-refractivity contribution in [3.63, 3.8) is 0 Å². The largest absolute Gasteiger partial charge is 0.370 e. The second-order valence-electron chi connectivity index (χ2n) is 5.78. The van der Waals surface area contributed by atoms with Gasteiger partial charge in [-0.1, -0.05) is 0 Å². The van der Waals surface area contributed by atoms with Crippen LogP contribution in [0.15, 0.2) is 29.5 Å². The molecule has 0 radical (unpaired) electrons. The molecular weight excluding hydrogens is 365 g/mol. The Balaban J connectivity index is 0.00000200. The minimum absolute atomic E-state index is 0. The predicted octanol–water partition coefficient (Wildman–Crippen LogP) is 2.46. The van der Waals surface area contributed by atoms with Gasteiger partial charge in [0.1, 0.15) is 5.65 Å². The number of aromatic nitrogens is 2. The van der Waals surface area contributed by atoms with E-state index in [4.69, 9.17) is 5.73 Å². The van der Waals surface area contributed by atoms with Crippen LogP contribution < -0.4 is 11.1 Å². The maximum atomic E-state index is 5.83. The van der Waals surface area contributed by atoms with E-state index in [1.54, 1.807) is 0 Å². The van der Waals surface area contributed by atoms with Gasteiger partial charge in [0.2, 0.25) is 0 Å². The summed E-state index contributed by atoms with van der Waals surface area (Å²) in [5.74, 6) is 0.445. The lowest BCUT2D eigenvalue weighted by Crippen LogP contribution is -2.44. The van der Waals surface area contributed by atoms with Gasteiger partial charge in [-0.15, -0.1) is 24.0 Å². The second-order valence-corrected chi connectivity index (χ2v) is 5.78. The van der Waals surface area contributed by atoms with Gasteiger partial charge in [0, 0.05) is 17.9 Å². The van der Waals surface area contributed by atoms with E-state index in [1.165, 1.54) is 5.56 Å². The zero-order chi connectivity index (χ0) is 14.0. The van der Waals surface area contributed by atoms with E-state index in [1.807, 2.05) is 43.6 Å². The van der Waals surface area contributed by atoms with Crippen molar-refractivity contribution in [3.05, 3.63) is 35.8 Å². The maximum absolute atomic E-state index is 5.83. The number of halogens is 1. The first-order chi connectivity index (χ1) is 8.83. The van der Waals surface area contributed by atoms with Gasteiger partial charge in [0.05, 0.1) is 12.2 Å². The van der Waals surface area contributed by atoms with E-state index in [0.29, 0.717) is 12.5 Å². The zero-order valence-electron chi connectivity index (χ0n) is 12.3. The number of aliphatic imine (C=N–C) groups is 1. The molecule has 0 atom stereocenters. The molecule has 20 heavy (non-hydrogen) atoms. The topological polar surface area (TPSA) is 67.7 Å². The molecule has 0 bridgehead atoms. The lowest BCUT2D eigenvalue weighted by atomic mass is 10.1. The summed E-state index contributed by atoms with van der Waals surface area (Å²) >= 11 is 0. The fourth-order valence-electron chi connectivity index (χ4n) is 1.80. The molecular formula is C14H22IN5. The number of nitrogens with zero attached hydrogens (tertiary/aromatic N) is 3. The van der Waals surface area contributed by atoms with Gasteiger partial charge in [0.25, 0.3) is 0 Å². The van der Waals surface area contributed by atoms with Crippen LogP contribution in [-0.4, -0.2) is 20.9 Å². The number of fused-ring (bicyclic) bond motifs is 1. The Hall–Kier alpha value is -1.31. The van der Waals surface area contributed by atoms with Crippen molar-refractivity contribution in [2.75, 3.05) is 0 Å². The molecule has 2 aromatic rings. The monoisotopic (exact) mass is 387 g/mol. The average Bonchev–Trinajstić information content (AvgIpc) is 2.66. The molecule has 2 heterocycles. The smallest absolute Gasteiger partial charge is 0.189 e. The quantitative estimate of drug-likeness (QED) is 0.473. The third kappa shape index (κ3) is 4.66. The highest BCUT2D eigenvalue weighted by Gasteiger charge is 2.09. The Morgan fingerprint density at radius 2 is 2.15 bits per heavy atom. The van der Waals surface area contributed by atoms with Crippen molar-refractivity contribution >= 4 is 35.6 Å². The minimum Gasteiger partial charge on any atom is -0.370 e. The van der Waals surface area contributed by atoms with Crippen molar-refractivity contribution < 1.29 is 0 Å². The molecule has 0 aliphatic rings. The molecule has 0 saturated heterocycles. The van der Waals surface area contributed by atoms with Crippen LogP contribution in [-0.2, 0) is 6.54 Å². The van der Waals surface area contributed by atoms with E-state index in [0.717, 1.165) is 11.3 Å². The van der Waals surface area contributed by atoms with Crippen molar-refractivity contribution in [1.82, 2.24) is 14.7 Å². The molecule has 110 valence electrons. The number of guanidine groups is 1. The van der Waals surface area contributed by atoms with Gasteiger partial charge in [-0.3, -0.25) is 0 Å². The van der Waals surface area contributed by atoms with Crippen LogP contribution in [0.2, 0.25) is 0 Å². The van der Waals surface area contributed by atoms with E-state index in [-0.39, 0.29) is 29.5 Å². The normalized spacial score (nSPS) is 12.3. The maximum Gasteiger partial charge on any atom is 0.189 e. The number of hydrogen-bond acceptors (Lipinski definition) is 2. The highest BCUT2D eigenvalue weighted by Crippen LogP contribution is 2.08. The van der Waals surface area contributed by atoms with Gasteiger partial charge in [-0.25, -0.2) is 9.98 Å². The molecule has 0 aliphatic carbocycles. The molecule has 0 fully saturated rings. The van der Waals surface area contributed by atoms with Crippen LogP contribution in [0.1, 0.15) is 32.0 Å². The summed E-state index contributed by atoms with van der Waals surface area (Å²) in [7, 11) is 0. The van der Waals surface area contributed by atoms with Gasteiger partial charge < -0.3 is 15.5 Å². The van der Waals surface area contributed by atoms with Gasteiger partial charge >= 0.3 is 0 Å². The number of rotatable bonds is 2. The average molecular weight is 387 g/mol. The lowest BCUT2D eigenvalue weighted by molar-refractivity contribution is 0.508. The zero-order valence-corrected chi connectivity index (χ0v) is 14.7. The second kappa shape index (κ2) is 6.43. The summed E-state index contributed by atoms with van der Waals surface area (Å²) in [5, 5.41) is 3.13. The van der Waals surface area contributed by atoms with E-state index in [9.17, 15) is 0 Å². The molecule has 0 aliphatic heterocycles. The summed E-state index contributed by atoms with van der Waals surface area (Å²) in [6, 6.07) is 4.10. The Kier molecular flexibility index (Phi) is 5.38. The molecule has 0 aromatic carbocycles. The van der Waals surface area contributed by atoms with Crippen LogP contribution in [0.25, 0.3) is 5.65 Å². The summed E-state index contributed by atoms with van der Waals surface area (Å²) < 4.78 is 1.99. The first-order valence-electron chi connectivity index (χ1n) is 6.36. The third-order valence-electron chi connectivity index (χ3n) is 2.58. The van der Waals surface area contributed by atoms with Crippen molar-refractivity contribution in [1.29, 1.82) is 0 Å². The Morgan fingerprint density at radius 3 is 2.80 bits per heavy atom. The highest BCUT2D eigenvalue weighted by molar-refractivity contribution is 14.0. The first kappa shape index (κ1) is 16.7. The standard InChI is InChI=1S/C14H21N5.HI/c1-10-5-6-19-9-11(17-12(19)7-10)8-16-13(15)18-14(2,3)4;/h5-7,9H,8H2,1-4H3,(H3,15,16,18);1H. The SMILES string of the molecule is Cc1ccn2cc(CN=C(N)NC(C)(C)C)nc2c1.I. The molecule has 0 spiro atoms. The van der Waals surface area contributed by atoms with Gasteiger partial charge in [-0.2, -0.15) is 0 Å². The predicted molar refractivity (Wildman–Crippen MR) is 93.6 cm³/mol. The molecule has 3 N–H and O–H groups in total. The molecule has 2 aromatic heterocycles. The molecule has 0 saturated carbocycles. The van der Waals surface area contributed by atoms with E-state index in [2.05, 4.69) is 28.3 Å². The van der Waals surface area contributed by atoms with E-state index < -0.39 is 0 Å². The number of hydrogen-bond donors (Lipinski definition) is 2. The van der Waals surface area contributed by atoms with Crippen LogP contribution in [0.3, 0.4) is 0 Å². The third-order valence-corrected chi connectivity index (χ3v) is 2.58. The molecule has 0 amide bonds. The lowest BCUT2D eigenvalue weighted by Gasteiger charge is -2.20. The summed E-state index contributed by atoms with van der Waals surface area (Å²) in [4.78, 5) is 8.82. The van der Waals surface area contributed by atoms with Crippen LogP contribution in [0, 0.1) is 6.92 Å². The Morgan fingerprint density at radius 1 is 1.45 bits per heavy atom. The van der Waals surface area contributed by atoms with Crippen LogP contribution in [0.4, 0.5) is 0 Å². The minimum atomic E-state index is -0.0798. The fourth-order valence-corrected chi connectivity index (χ4v) is 1.80. The summed E-state index contributed by atoms with van der Waals surface area (Å²) in [6.07, 6.45) is 3.98. The molecule has 0 unspecified atom stereocenters. The first-order valence-corrected chi connectivity index (χ1v) is 6.36. The number of nitrogens with two attached hydrogens (primary N) is 1. The summed E-state index contributed by atoms with van der Waals surface area (Å²) in [5.41, 5.74) is 8.79. The van der Waals surface area contributed by atoms with Crippen molar-refractivity contribution in [2.45, 2.75) is 39.8 Å². The fraction of sp³-hybridized carbons (Fsp3) is 0.429. The number of aryl methyl sites for hydroxylation is 1. The van der Waals surface area contributed by atoms with Crippen molar-refractivity contribution in [2.24, 2.45) is 10.7 Å². The van der Waals surface area contributed by atoms with E-state index >= 15 is 0 Å². The van der Waals surface area contributed by atoms with Crippen LogP contribution in [0.5, 0.6) is 0 Å².